The molecule has 0 saturated heterocycles. The number of aromatic nitrogens is 2. The van der Waals surface area contributed by atoms with E-state index in [1.54, 1.807) is 7.11 Å². The molecule has 1 aromatic rings. The van der Waals surface area contributed by atoms with Crippen LogP contribution in [0, 0.1) is 0 Å². The molecule has 110 valence electrons. The fourth-order valence-corrected chi connectivity index (χ4v) is 1.50. The molecule has 2 amide bonds. The van der Waals surface area contributed by atoms with Crippen molar-refractivity contribution in [2.45, 2.75) is 6.42 Å². The summed E-state index contributed by atoms with van der Waals surface area (Å²) in [5.41, 5.74) is 0.143. The number of carbonyl (C=O) groups is 2. The zero-order valence-electron chi connectivity index (χ0n) is 11.4. The summed E-state index contributed by atoms with van der Waals surface area (Å²) in [6.45, 7) is 1.04. The van der Waals surface area contributed by atoms with Gasteiger partial charge in [0.1, 0.15) is 10.8 Å². The van der Waals surface area contributed by atoms with Gasteiger partial charge in [0.05, 0.1) is 18.9 Å². The van der Waals surface area contributed by atoms with E-state index in [9.17, 15) is 9.59 Å². The van der Waals surface area contributed by atoms with Gasteiger partial charge in [-0.25, -0.2) is 9.97 Å². The van der Waals surface area contributed by atoms with Crippen LogP contribution in [0.4, 0.5) is 0 Å². The fourth-order valence-electron chi connectivity index (χ4n) is 1.41. The first-order chi connectivity index (χ1) is 9.54. The zero-order valence-corrected chi connectivity index (χ0v) is 12.2. The summed E-state index contributed by atoms with van der Waals surface area (Å²) in [6, 6.07) is 0. The average molecular weight is 301 g/mol. The second-order valence-corrected chi connectivity index (χ2v) is 4.47. The first kappa shape index (κ1) is 16.3. The monoisotopic (exact) mass is 300 g/mol. The Bertz CT molecular complexity index is 453. The Morgan fingerprint density at radius 1 is 1.40 bits per heavy atom. The quantitative estimate of drug-likeness (QED) is 0.735. The molecule has 0 aliphatic heterocycles. The number of amides is 2. The fraction of sp³-hybridized carbons (Fsp3) is 0.500. The van der Waals surface area contributed by atoms with Gasteiger partial charge in [0.15, 0.2) is 0 Å². The van der Waals surface area contributed by atoms with Crippen molar-refractivity contribution in [2.75, 3.05) is 33.9 Å². The minimum absolute atomic E-state index is 0.0455. The van der Waals surface area contributed by atoms with Crippen LogP contribution in [0.3, 0.4) is 0 Å². The Kier molecular flexibility index (Phi) is 6.89. The molecule has 0 atom stereocenters. The van der Waals surface area contributed by atoms with Crippen LogP contribution < -0.4 is 5.32 Å². The van der Waals surface area contributed by atoms with Crippen LogP contribution in [-0.2, 0) is 9.53 Å². The molecule has 1 aromatic heterocycles. The first-order valence-electron chi connectivity index (χ1n) is 6.03. The SMILES string of the molecule is COCCCNC(=O)CN(C)C(=O)c1cnc(Cl)cn1. The molecule has 1 heterocycles. The lowest BCUT2D eigenvalue weighted by molar-refractivity contribution is -0.121. The minimum atomic E-state index is -0.388. The molecule has 0 aromatic carbocycles. The van der Waals surface area contributed by atoms with E-state index in [4.69, 9.17) is 16.3 Å². The Morgan fingerprint density at radius 3 is 2.75 bits per heavy atom. The van der Waals surface area contributed by atoms with Gasteiger partial charge in [-0.1, -0.05) is 11.6 Å². The number of rotatable bonds is 7. The molecular weight excluding hydrogens is 284 g/mol. The normalized spacial score (nSPS) is 10.2. The van der Waals surface area contributed by atoms with Gasteiger partial charge in [0, 0.05) is 27.3 Å². The lowest BCUT2D eigenvalue weighted by Crippen LogP contribution is -2.39. The van der Waals surface area contributed by atoms with E-state index in [1.165, 1.54) is 24.3 Å². The van der Waals surface area contributed by atoms with Gasteiger partial charge in [-0.15, -0.1) is 0 Å². The van der Waals surface area contributed by atoms with Crippen LogP contribution >= 0.6 is 11.6 Å². The van der Waals surface area contributed by atoms with Crippen molar-refractivity contribution in [1.82, 2.24) is 20.2 Å². The van der Waals surface area contributed by atoms with E-state index in [0.717, 1.165) is 6.42 Å². The third-order valence-corrected chi connectivity index (χ3v) is 2.61. The summed E-state index contributed by atoms with van der Waals surface area (Å²) >= 11 is 5.59. The molecule has 0 spiro atoms. The van der Waals surface area contributed by atoms with Crippen molar-refractivity contribution >= 4 is 23.4 Å². The summed E-state index contributed by atoms with van der Waals surface area (Å²) in [4.78, 5) is 32.5. The molecule has 0 aliphatic rings. The van der Waals surface area contributed by atoms with E-state index in [-0.39, 0.29) is 29.2 Å². The number of hydrogen-bond donors (Lipinski definition) is 1. The number of carbonyl (C=O) groups excluding carboxylic acids is 2. The molecule has 1 rings (SSSR count). The van der Waals surface area contributed by atoms with Crippen LogP contribution in [0.15, 0.2) is 12.4 Å². The molecule has 0 fully saturated rings. The highest BCUT2D eigenvalue weighted by atomic mass is 35.5. The molecule has 0 saturated carbocycles. The van der Waals surface area contributed by atoms with Crippen LogP contribution in [-0.4, -0.2) is 60.5 Å². The third-order valence-electron chi connectivity index (χ3n) is 2.41. The van der Waals surface area contributed by atoms with Crippen molar-refractivity contribution in [1.29, 1.82) is 0 Å². The number of hydrogen-bond acceptors (Lipinski definition) is 5. The van der Waals surface area contributed by atoms with Gasteiger partial charge in [-0.05, 0) is 6.42 Å². The minimum Gasteiger partial charge on any atom is -0.385 e. The molecule has 20 heavy (non-hydrogen) atoms. The van der Waals surface area contributed by atoms with Gasteiger partial charge in [-0.2, -0.15) is 0 Å². The van der Waals surface area contributed by atoms with Crippen molar-refractivity contribution in [2.24, 2.45) is 0 Å². The van der Waals surface area contributed by atoms with E-state index < -0.39 is 0 Å². The highest BCUT2D eigenvalue weighted by Crippen LogP contribution is 2.03. The smallest absolute Gasteiger partial charge is 0.274 e. The van der Waals surface area contributed by atoms with Crippen LogP contribution in [0.1, 0.15) is 16.9 Å². The lowest BCUT2D eigenvalue weighted by Gasteiger charge is -2.16. The first-order valence-corrected chi connectivity index (χ1v) is 6.41. The van der Waals surface area contributed by atoms with Crippen LogP contribution in [0.25, 0.3) is 0 Å². The molecule has 0 bridgehead atoms. The van der Waals surface area contributed by atoms with Gasteiger partial charge in [0.2, 0.25) is 5.91 Å². The third kappa shape index (κ3) is 5.50. The van der Waals surface area contributed by atoms with E-state index in [2.05, 4.69) is 15.3 Å². The van der Waals surface area contributed by atoms with E-state index in [1.807, 2.05) is 0 Å². The standard InChI is InChI=1S/C12H17ClN4O3/c1-17(8-11(18)14-4-3-5-20-2)12(19)9-6-16-10(13)7-15-9/h6-7H,3-5,8H2,1-2H3,(H,14,18). The summed E-state index contributed by atoms with van der Waals surface area (Å²) < 4.78 is 4.87. The predicted molar refractivity (Wildman–Crippen MR) is 73.5 cm³/mol. The zero-order chi connectivity index (χ0) is 15.0. The Labute approximate surface area is 122 Å². The average Bonchev–Trinajstić information content (AvgIpc) is 2.43. The van der Waals surface area contributed by atoms with Crippen molar-refractivity contribution in [3.63, 3.8) is 0 Å². The predicted octanol–water partition coefficient (Wildman–Crippen LogP) is 0.355. The van der Waals surface area contributed by atoms with Gasteiger partial charge in [0.25, 0.3) is 5.91 Å². The van der Waals surface area contributed by atoms with Gasteiger partial charge >= 0.3 is 0 Å². The molecule has 1 N–H and O–H groups in total. The van der Waals surface area contributed by atoms with Crippen molar-refractivity contribution in [3.8, 4) is 0 Å². The van der Waals surface area contributed by atoms with Crippen molar-refractivity contribution in [3.05, 3.63) is 23.2 Å². The number of ether oxygens (including phenoxy) is 1. The van der Waals surface area contributed by atoms with Crippen molar-refractivity contribution < 1.29 is 14.3 Å². The molecule has 0 aliphatic carbocycles. The maximum absolute atomic E-state index is 11.9. The number of nitrogens with one attached hydrogen (secondary N) is 1. The molecule has 7 nitrogen and oxygen atoms in total. The topological polar surface area (TPSA) is 84.4 Å². The lowest BCUT2D eigenvalue weighted by atomic mass is 10.3. The number of halogens is 1. The molecular formula is C12H17ClN4O3. The number of methoxy groups -OCH3 is 1. The second kappa shape index (κ2) is 8.44. The Hall–Kier alpha value is -1.73. The highest BCUT2D eigenvalue weighted by Gasteiger charge is 2.16. The largest absolute Gasteiger partial charge is 0.385 e. The van der Waals surface area contributed by atoms with Crippen LogP contribution in [0.5, 0.6) is 0 Å². The van der Waals surface area contributed by atoms with Gasteiger partial charge < -0.3 is 15.0 Å². The van der Waals surface area contributed by atoms with Crippen LogP contribution in [0.2, 0.25) is 5.15 Å². The molecule has 8 heteroatoms. The second-order valence-electron chi connectivity index (χ2n) is 4.08. The number of likely N-dealkylation sites (N-methyl/N-ethyl adjacent to an activating group) is 1. The molecule has 0 unspecified atom stereocenters. The maximum atomic E-state index is 11.9. The van der Waals surface area contributed by atoms with E-state index >= 15 is 0 Å². The Balaban J connectivity index is 2.41. The summed E-state index contributed by atoms with van der Waals surface area (Å²) in [7, 11) is 3.12. The Morgan fingerprint density at radius 2 is 2.15 bits per heavy atom. The number of nitrogens with zero attached hydrogens (tertiary/aromatic N) is 3. The van der Waals surface area contributed by atoms with Gasteiger partial charge in [-0.3, -0.25) is 9.59 Å². The molecule has 0 radical (unpaired) electrons. The maximum Gasteiger partial charge on any atom is 0.274 e. The highest BCUT2D eigenvalue weighted by molar-refractivity contribution is 6.29. The summed E-state index contributed by atoms with van der Waals surface area (Å²) in [6.07, 6.45) is 3.29. The summed E-state index contributed by atoms with van der Waals surface area (Å²) in [5, 5.41) is 2.90. The van der Waals surface area contributed by atoms with E-state index in [0.29, 0.717) is 13.2 Å². The summed E-state index contributed by atoms with van der Waals surface area (Å²) in [5.74, 6) is -0.625.